The zero-order valence-electron chi connectivity index (χ0n) is 10.4. The van der Waals surface area contributed by atoms with Crippen molar-refractivity contribution < 1.29 is 9.84 Å². The first-order valence-corrected chi connectivity index (χ1v) is 6.16. The van der Waals surface area contributed by atoms with Crippen LogP contribution in [0.2, 0.25) is 5.02 Å². The molecule has 0 radical (unpaired) electrons. The van der Waals surface area contributed by atoms with Crippen molar-refractivity contribution in [2.75, 3.05) is 0 Å². The highest BCUT2D eigenvalue weighted by Crippen LogP contribution is 2.26. The summed E-state index contributed by atoms with van der Waals surface area (Å²) < 4.78 is 5.71. The number of hydrogen-bond acceptors (Lipinski definition) is 2. The van der Waals surface area contributed by atoms with Crippen LogP contribution in [0.25, 0.3) is 0 Å². The lowest BCUT2D eigenvalue weighted by Gasteiger charge is -2.09. The first-order valence-electron chi connectivity index (χ1n) is 5.78. The Hall–Kier alpha value is -1.51. The highest BCUT2D eigenvalue weighted by atomic mass is 35.5. The van der Waals surface area contributed by atoms with Crippen LogP contribution in [-0.4, -0.2) is 5.11 Å². The summed E-state index contributed by atoms with van der Waals surface area (Å²) in [5.74, 6) is 1.49. The van der Waals surface area contributed by atoms with Gasteiger partial charge in [-0.25, -0.2) is 0 Å². The number of hydrogen-bond donors (Lipinski definition) is 1. The van der Waals surface area contributed by atoms with Crippen molar-refractivity contribution in [3.05, 3.63) is 58.6 Å². The summed E-state index contributed by atoms with van der Waals surface area (Å²) in [6, 6.07) is 12.9. The molecule has 0 aliphatic carbocycles. The Balaban J connectivity index is 2.15. The lowest BCUT2D eigenvalue weighted by atomic mass is 10.1. The van der Waals surface area contributed by atoms with E-state index in [-0.39, 0.29) is 0 Å². The normalized spacial score (nSPS) is 12.2. The maximum Gasteiger partial charge on any atom is 0.127 e. The van der Waals surface area contributed by atoms with Crippen molar-refractivity contribution in [1.29, 1.82) is 0 Å². The third-order valence-electron chi connectivity index (χ3n) is 2.73. The molecule has 0 heterocycles. The largest absolute Gasteiger partial charge is 0.457 e. The first-order chi connectivity index (χ1) is 8.56. The van der Waals surface area contributed by atoms with E-state index < -0.39 is 6.10 Å². The van der Waals surface area contributed by atoms with Gasteiger partial charge < -0.3 is 9.84 Å². The predicted octanol–water partition coefficient (Wildman–Crippen LogP) is 4.49. The molecule has 3 heteroatoms. The summed E-state index contributed by atoms with van der Waals surface area (Å²) in [4.78, 5) is 0. The molecule has 1 N–H and O–H groups in total. The summed E-state index contributed by atoms with van der Waals surface area (Å²) in [5.41, 5.74) is 1.85. The number of aliphatic hydroxyl groups is 1. The molecule has 0 fully saturated rings. The van der Waals surface area contributed by atoms with Crippen LogP contribution >= 0.6 is 11.6 Å². The second kappa shape index (κ2) is 5.42. The number of benzene rings is 2. The zero-order chi connectivity index (χ0) is 13.1. The summed E-state index contributed by atoms with van der Waals surface area (Å²) >= 11 is 5.96. The van der Waals surface area contributed by atoms with E-state index in [2.05, 4.69) is 0 Å². The summed E-state index contributed by atoms with van der Waals surface area (Å²) in [5, 5.41) is 10.1. The predicted molar refractivity (Wildman–Crippen MR) is 73.3 cm³/mol. The van der Waals surface area contributed by atoms with E-state index >= 15 is 0 Å². The molecule has 2 aromatic rings. The van der Waals surface area contributed by atoms with Gasteiger partial charge in [0.2, 0.25) is 0 Å². The fourth-order valence-corrected chi connectivity index (χ4v) is 1.75. The Morgan fingerprint density at radius 1 is 1.06 bits per heavy atom. The van der Waals surface area contributed by atoms with Gasteiger partial charge in [-0.3, -0.25) is 0 Å². The van der Waals surface area contributed by atoms with E-state index in [4.69, 9.17) is 16.3 Å². The molecule has 0 saturated heterocycles. The minimum absolute atomic E-state index is 0.461. The van der Waals surface area contributed by atoms with E-state index in [0.717, 1.165) is 27.6 Å². The average molecular weight is 263 g/mol. The van der Waals surface area contributed by atoms with Crippen LogP contribution < -0.4 is 4.74 Å². The SMILES string of the molecule is Cc1cc(Oc2ccc([C@@H](C)O)cc2)ccc1Cl. The van der Waals surface area contributed by atoms with Crippen LogP contribution in [-0.2, 0) is 0 Å². The minimum Gasteiger partial charge on any atom is -0.457 e. The number of rotatable bonds is 3. The molecule has 2 rings (SSSR count). The van der Waals surface area contributed by atoms with E-state index in [9.17, 15) is 5.11 Å². The summed E-state index contributed by atoms with van der Waals surface area (Å²) in [6.45, 7) is 3.67. The molecule has 0 unspecified atom stereocenters. The number of aliphatic hydroxyl groups excluding tert-OH is 1. The minimum atomic E-state index is -0.461. The van der Waals surface area contributed by atoms with E-state index in [0.29, 0.717) is 0 Å². The Kier molecular flexibility index (Phi) is 3.90. The van der Waals surface area contributed by atoms with Gasteiger partial charge in [-0.05, 0) is 55.3 Å². The standard InChI is InChI=1S/C15H15ClO2/c1-10-9-14(7-8-15(10)16)18-13-5-3-12(4-6-13)11(2)17/h3-9,11,17H,1-2H3/t11-/m1/s1. The highest BCUT2D eigenvalue weighted by Gasteiger charge is 2.03. The van der Waals surface area contributed by atoms with Gasteiger partial charge >= 0.3 is 0 Å². The Morgan fingerprint density at radius 3 is 2.22 bits per heavy atom. The molecule has 0 aliphatic rings. The van der Waals surface area contributed by atoms with Gasteiger partial charge in [-0.2, -0.15) is 0 Å². The molecule has 0 bridgehead atoms. The van der Waals surface area contributed by atoms with Gasteiger partial charge in [0.25, 0.3) is 0 Å². The molecule has 1 atom stereocenters. The Labute approximate surface area is 112 Å². The van der Waals surface area contributed by atoms with Gasteiger partial charge in [0, 0.05) is 5.02 Å². The molecular formula is C15H15ClO2. The van der Waals surface area contributed by atoms with Gasteiger partial charge in [0.1, 0.15) is 11.5 Å². The molecule has 18 heavy (non-hydrogen) atoms. The molecule has 94 valence electrons. The van der Waals surface area contributed by atoms with Crippen molar-refractivity contribution >= 4 is 11.6 Å². The fraction of sp³-hybridized carbons (Fsp3) is 0.200. The van der Waals surface area contributed by atoms with Crippen LogP contribution in [0, 0.1) is 6.92 Å². The molecular weight excluding hydrogens is 248 g/mol. The molecule has 0 aliphatic heterocycles. The fourth-order valence-electron chi connectivity index (χ4n) is 1.63. The molecule has 2 aromatic carbocycles. The Bertz CT molecular complexity index is 533. The van der Waals surface area contributed by atoms with Crippen LogP contribution in [0.15, 0.2) is 42.5 Å². The Morgan fingerprint density at radius 2 is 1.67 bits per heavy atom. The van der Waals surface area contributed by atoms with Gasteiger partial charge in [0.05, 0.1) is 6.10 Å². The maximum absolute atomic E-state index is 9.42. The lowest BCUT2D eigenvalue weighted by Crippen LogP contribution is -1.91. The van der Waals surface area contributed by atoms with Gasteiger partial charge in [-0.15, -0.1) is 0 Å². The number of halogens is 1. The van der Waals surface area contributed by atoms with Crippen molar-refractivity contribution in [1.82, 2.24) is 0 Å². The van der Waals surface area contributed by atoms with Crippen LogP contribution in [0.5, 0.6) is 11.5 Å². The molecule has 0 saturated carbocycles. The molecule has 2 nitrogen and oxygen atoms in total. The lowest BCUT2D eigenvalue weighted by molar-refractivity contribution is 0.199. The van der Waals surface area contributed by atoms with Crippen LogP contribution in [0.3, 0.4) is 0 Å². The van der Waals surface area contributed by atoms with Crippen molar-refractivity contribution in [3.8, 4) is 11.5 Å². The van der Waals surface area contributed by atoms with Gasteiger partial charge in [0.15, 0.2) is 0 Å². The second-order valence-corrected chi connectivity index (χ2v) is 4.67. The quantitative estimate of drug-likeness (QED) is 0.883. The molecule has 0 amide bonds. The highest BCUT2D eigenvalue weighted by molar-refractivity contribution is 6.31. The smallest absolute Gasteiger partial charge is 0.127 e. The van der Waals surface area contributed by atoms with Gasteiger partial charge in [-0.1, -0.05) is 23.7 Å². The average Bonchev–Trinajstić information content (AvgIpc) is 2.34. The molecule has 0 spiro atoms. The third-order valence-corrected chi connectivity index (χ3v) is 3.15. The van der Waals surface area contributed by atoms with Crippen molar-refractivity contribution in [3.63, 3.8) is 0 Å². The zero-order valence-corrected chi connectivity index (χ0v) is 11.1. The monoisotopic (exact) mass is 262 g/mol. The molecule has 0 aromatic heterocycles. The van der Waals surface area contributed by atoms with Crippen molar-refractivity contribution in [2.24, 2.45) is 0 Å². The number of aryl methyl sites for hydroxylation is 1. The van der Waals surface area contributed by atoms with Crippen molar-refractivity contribution in [2.45, 2.75) is 20.0 Å². The third kappa shape index (κ3) is 3.03. The first kappa shape index (κ1) is 12.9. The van der Waals surface area contributed by atoms with Crippen LogP contribution in [0.1, 0.15) is 24.2 Å². The summed E-state index contributed by atoms with van der Waals surface area (Å²) in [7, 11) is 0. The van der Waals surface area contributed by atoms with E-state index in [1.807, 2.05) is 49.4 Å². The summed E-state index contributed by atoms with van der Waals surface area (Å²) in [6.07, 6.45) is -0.461. The topological polar surface area (TPSA) is 29.5 Å². The maximum atomic E-state index is 9.42. The number of ether oxygens (including phenoxy) is 1. The second-order valence-electron chi connectivity index (χ2n) is 4.26. The van der Waals surface area contributed by atoms with Crippen LogP contribution in [0.4, 0.5) is 0 Å². The van der Waals surface area contributed by atoms with E-state index in [1.54, 1.807) is 6.92 Å². The van der Waals surface area contributed by atoms with E-state index in [1.165, 1.54) is 0 Å².